The van der Waals surface area contributed by atoms with Gasteiger partial charge in [-0.1, -0.05) is 44.4 Å². The molecule has 3 heteroatoms. The second-order valence-corrected chi connectivity index (χ2v) is 7.30. The molecule has 20 heavy (non-hydrogen) atoms. The molecule has 2 N–H and O–H groups in total. The zero-order chi connectivity index (χ0) is 14.8. The molecule has 1 saturated carbocycles. The molecule has 1 aromatic carbocycles. The van der Waals surface area contributed by atoms with E-state index in [0.717, 1.165) is 19.3 Å². The van der Waals surface area contributed by atoms with E-state index in [4.69, 9.17) is 17.3 Å². The van der Waals surface area contributed by atoms with Gasteiger partial charge in [0.1, 0.15) is 5.82 Å². The summed E-state index contributed by atoms with van der Waals surface area (Å²) in [6.45, 7) is 4.51. The fraction of sp³-hybridized carbons (Fsp3) is 0.647. The second-order valence-electron chi connectivity index (χ2n) is 6.87. The monoisotopic (exact) mass is 297 g/mol. The molecule has 0 aliphatic heterocycles. The van der Waals surface area contributed by atoms with Gasteiger partial charge in [-0.05, 0) is 55.2 Å². The zero-order valence-corrected chi connectivity index (χ0v) is 13.2. The van der Waals surface area contributed by atoms with Gasteiger partial charge in [0.2, 0.25) is 0 Å². The van der Waals surface area contributed by atoms with Crippen LogP contribution in [0.3, 0.4) is 0 Å². The van der Waals surface area contributed by atoms with Crippen LogP contribution in [0.4, 0.5) is 4.39 Å². The van der Waals surface area contributed by atoms with Gasteiger partial charge in [0.25, 0.3) is 0 Å². The van der Waals surface area contributed by atoms with Crippen LogP contribution < -0.4 is 5.73 Å². The average Bonchev–Trinajstić information content (AvgIpc) is 2.32. The van der Waals surface area contributed by atoms with Crippen LogP contribution in [0.5, 0.6) is 0 Å². The van der Waals surface area contributed by atoms with Gasteiger partial charge in [0.15, 0.2) is 0 Å². The van der Waals surface area contributed by atoms with Gasteiger partial charge in [-0.15, -0.1) is 0 Å². The zero-order valence-electron chi connectivity index (χ0n) is 12.5. The second kappa shape index (κ2) is 6.44. The lowest BCUT2D eigenvalue weighted by Crippen LogP contribution is -2.46. The third-order valence-electron chi connectivity index (χ3n) is 4.34. The quantitative estimate of drug-likeness (QED) is 0.835. The van der Waals surface area contributed by atoms with Crippen LogP contribution in [0.15, 0.2) is 18.2 Å². The van der Waals surface area contributed by atoms with Gasteiger partial charge in [-0.2, -0.15) is 0 Å². The van der Waals surface area contributed by atoms with Crippen LogP contribution in [0, 0.1) is 17.7 Å². The van der Waals surface area contributed by atoms with E-state index in [0.29, 0.717) is 28.8 Å². The standard InChI is InChI=1S/C17H25ClFN/c1-12(2)8-13-4-3-7-17(20,10-13)11-14-5-6-15(18)9-16(14)19/h5-6,9,12-13H,3-4,7-8,10-11,20H2,1-2H3. The molecular formula is C17H25ClFN. The summed E-state index contributed by atoms with van der Waals surface area (Å²) in [5.74, 6) is 1.16. The van der Waals surface area contributed by atoms with Gasteiger partial charge >= 0.3 is 0 Å². The Morgan fingerprint density at radius 1 is 1.45 bits per heavy atom. The van der Waals surface area contributed by atoms with E-state index in [2.05, 4.69) is 13.8 Å². The van der Waals surface area contributed by atoms with E-state index in [9.17, 15) is 4.39 Å². The van der Waals surface area contributed by atoms with Crippen LogP contribution in [0.2, 0.25) is 5.02 Å². The van der Waals surface area contributed by atoms with Crippen molar-refractivity contribution in [2.24, 2.45) is 17.6 Å². The number of halogens is 2. The lowest BCUT2D eigenvalue weighted by molar-refractivity contribution is 0.199. The topological polar surface area (TPSA) is 26.0 Å². The minimum absolute atomic E-state index is 0.228. The van der Waals surface area contributed by atoms with Gasteiger partial charge < -0.3 is 5.73 Å². The molecule has 1 aromatic rings. The molecule has 2 unspecified atom stereocenters. The van der Waals surface area contributed by atoms with Crippen molar-refractivity contribution < 1.29 is 4.39 Å². The van der Waals surface area contributed by atoms with Gasteiger partial charge in [-0.25, -0.2) is 4.39 Å². The summed E-state index contributed by atoms with van der Waals surface area (Å²) < 4.78 is 13.9. The number of nitrogens with two attached hydrogens (primary N) is 1. The molecule has 1 nitrogen and oxygen atoms in total. The predicted octanol–water partition coefficient (Wildman–Crippen LogP) is 4.96. The fourth-order valence-corrected chi connectivity index (χ4v) is 3.75. The van der Waals surface area contributed by atoms with Crippen molar-refractivity contribution in [3.8, 4) is 0 Å². The first-order valence-corrected chi connectivity index (χ1v) is 7.98. The van der Waals surface area contributed by atoms with Crippen LogP contribution in [0.1, 0.15) is 51.5 Å². The molecule has 112 valence electrons. The molecule has 0 amide bonds. The van der Waals surface area contributed by atoms with E-state index in [-0.39, 0.29) is 11.4 Å². The maximum Gasteiger partial charge on any atom is 0.127 e. The molecule has 0 spiro atoms. The van der Waals surface area contributed by atoms with Crippen molar-refractivity contribution in [1.82, 2.24) is 0 Å². The van der Waals surface area contributed by atoms with Crippen LogP contribution in [0.25, 0.3) is 0 Å². The van der Waals surface area contributed by atoms with E-state index < -0.39 is 0 Å². The highest BCUT2D eigenvalue weighted by Gasteiger charge is 2.33. The third kappa shape index (κ3) is 4.20. The first-order chi connectivity index (χ1) is 9.38. The average molecular weight is 298 g/mol. The number of rotatable bonds is 4. The normalized spacial score (nSPS) is 27.0. The molecule has 0 heterocycles. The van der Waals surface area contributed by atoms with Crippen molar-refractivity contribution >= 4 is 11.6 Å². The molecular weight excluding hydrogens is 273 g/mol. The third-order valence-corrected chi connectivity index (χ3v) is 4.58. The van der Waals surface area contributed by atoms with Crippen molar-refractivity contribution in [3.63, 3.8) is 0 Å². The van der Waals surface area contributed by atoms with Crippen LogP contribution >= 0.6 is 11.6 Å². The summed E-state index contributed by atoms with van der Waals surface area (Å²) >= 11 is 5.80. The highest BCUT2D eigenvalue weighted by atomic mass is 35.5. The Kier molecular flexibility index (Phi) is 5.09. The van der Waals surface area contributed by atoms with Gasteiger partial charge in [0.05, 0.1) is 0 Å². The minimum atomic E-state index is -0.257. The molecule has 1 fully saturated rings. The molecule has 0 saturated heterocycles. The largest absolute Gasteiger partial charge is 0.325 e. The lowest BCUT2D eigenvalue weighted by atomic mass is 9.71. The molecule has 0 bridgehead atoms. The maximum atomic E-state index is 13.9. The summed E-state index contributed by atoms with van der Waals surface area (Å²) in [4.78, 5) is 0. The predicted molar refractivity (Wildman–Crippen MR) is 83.4 cm³/mol. The summed E-state index contributed by atoms with van der Waals surface area (Å²) in [7, 11) is 0. The minimum Gasteiger partial charge on any atom is -0.325 e. The summed E-state index contributed by atoms with van der Waals surface area (Å²) in [5.41, 5.74) is 7.00. The molecule has 0 radical (unpaired) electrons. The van der Waals surface area contributed by atoms with Gasteiger partial charge in [-0.3, -0.25) is 0 Å². The van der Waals surface area contributed by atoms with Crippen LogP contribution in [-0.4, -0.2) is 5.54 Å². The Morgan fingerprint density at radius 2 is 2.20 bits per heavy atom. The maximum absolute atomic E-state index is 13.9. The first kappa shape index (κ1) is 15.8. The molecule has 0 aromatic heterocycles. The lowest BCUT2D eigenvalue weighted by Gasteiger charge is -2.39. The van der Waals surface area contributed by atoms with E-state index in [1.54, 1.807) is 12.1 Å². The number of hydrogen-bond donors (Lipinski definition) is 1. The smallest absolute Gasteiger partial charge is 0.127 e. The Balaban J connectivity index is 2.06. The molecule has 1 aliphatic rings. The highest BCUT2D eigenvalue weighted by Crippen LogP contribution is 2.36. The first-order valence-electron chi connectivity index (χ1n) is 7.61. The van der Waals surface area contributed by atoms with Crippen molar-refractivity contribution in [2.75, 3.05) is 0 Å². The molecule has 2 atom stereocenters. The van der Waals surface area contributed by atoms with Crippen molar-refractivity contribution in [1.29, 1.82) is 0 Å². The van der Waals surface area contributed by atoms with E-state index in [1.165, 1.54) is 18.9 Å². The SMILES string of the molecule is CC(C)CC1CCCC(N)(Cc2ccc(Cl)cc2F)C1. The Morgan fingerprint density at radius 3 is 2.85 bits per heavy atom. The molecule has 2 rings (SSSR count). The van der Waals surface area contributed by atoms with E-state index >= 15 is 0 Å². The summed E-state index contributed by atoms with van der Waals surface area (Å²) in [5, 5.41) is 0.443. The fourth-order valence-electron chi connectivity index (χ4n) is 3.59. The van der Waals surface area contributed by atoms with Gasteiger partial charge in [0, 0.05) is 10.6 Å². The number of hydrogen-bond acceptors (Lipinski definition) is 1. The summed E-state index contributed by atoms with van der Waals surface area (Å²) in [6.07, 6.45) is 6.26. The van der Waals surface area contributed by atoms with Crippen molar-refractivity contribution in [3.05, 3.63) is 34.6 Å². The van der Waals surface area contributed by atoms with E-state index in [1.807, 2.05) is 0 Å². The Hall–Kier alpha value is -0.600. The highest BCUT2D eigenvalue weighted by molar-refractivity contribution is 6.30. The van der Waals surface area contributed by atoms with Crippen LogP contribution in [-0.2, 0) is 6.42 Å². The number of benzene rings is 1. The Labute approximate surface area is 126 Å². The Bertz CT molecular complexity index is 460. The summed E-state index contributed by atoms with van der Waals surface area (Å²) in [6, 6.07) is 4.91. The molecule has 1 aliphatic carbocycles. The van der Waals surface area contributed by atoms with Crippen molar-refractivity contribution in [2.45, 2.75) is 57.9 Å².